The van der Waals surface area contributed by atoms with Crippen LogP contribution in [-0.4, -0.2) is 80.0 Å². The van der Waals surface area contributed by atoms with Crippen LogP contribution in [0.2, 0.25) is 0 Å². The maximum absolute atomic E-state index is 5.49. The molecule has 1 atom stereocenters. The summed E-state index contributed by atoms with van der Waals surface area (Å²) in [7, 11) is 1.93. The molecular weight excluding hydrogens is 507 g/mol. The summed E-state index contributed by atoms with van der Waals surface area (Å²) in [5, 5.41) is 3.76. The Morgan fingerprint density at radius 2 is 1.90 bits per heavy atom. The summed E-state index contributed by atoms with van der Waals surface area (Å²) in [4.78, 5) is 11.1. The SMILES string of the molecule is CN=C(NCC1(Sc2ccccc2)CCCC1)N1CCC(CN2CCOCC2)C1.I. The van der Waals surface area contributed by atoms with E-state index in [0.717, 1.165) is 57.8 Å². The molecule has 1 aromatic rings. The average Bonchev–Trinajstić information content (AvgIpc) is 3.40. The van der Waals surface area contributed by atoms with Crippen LogP contribution >= 0.6 is 35.7 Å². The van der Waals surface area contributed by atoms with Gasteiger partial charge in [-0.05, 0) is 37.3 Å². The van der Waals surface area contributed by atoms with E-state index in [1.54, 1.807) is 0 Å². The number of thioether (sulfide) groups is 1. The van der Waals surface area contributed by atoms with Gasteiger partial charge in [-0.3, -0.25) is 9.89 Å². The van der Waals surface area contributed by atoms with E-state index in [1.165, 1.54) is 43.5 Å². The number of rotatable bonds is 6. The lowest BCUT2D eigenvalue weighted by Gasteiger charge is -2.32. The molecule has 0 amide bonds. The zero-order chi connectivity index (χ0) is 19.9. The van der Waals surface area contributed by atoms with Crippen molar-refractivity contribution in [1.29, 1.82) is 0 Å². The molecule has 4 rings (SSSR count). The average molecular weight is 545 g/mol. The van der Waals surface area contributed by atoms with Gasteiger partial charge in [0.2, 0.25) is 0 Å². The summed E-state index contributed by atoms with van der Waals surface area (Å²) in [5.41, 5.74) is 0. The van der Waals surface area contributed by atoms with Gasteiger partial charge < -0.3 is 15.0 Å². The number of halogens is 1. The first-order chi connectivity index (χ1) is 14.3. The maximum atomic E-state index is 5.49. The third kappa shape index (κ3) is 6.50. The number of ether oxygens (including phenoxy) is 1. The van der Waals surface area contributed by atoms with Crippen molar-refractivity contribution in [2.75, 3.05) is 59.5 Å². The van der Waals surface area contributed by atoms with Gasteiger partial charge in [-0.1, -0.05) is 31.0 Å². The molecule has 1 N–H and O–H groups in total. The molecule has 5 nitrogen and oxygen atoms in total. The Morgan fingerprint density at radius 1 is 1.17 bits per heavy atom. The van der Waals surface area contributed by atoms with Gasteiger partial charge in [0.1, 0.15) is 0 Å². The van der Waals surface area contributed by atoms with Gasteiger partial charge in [-0.15, -0.1) is 35.7 Å². The van der Waals surface area contributed by atoms with Crippen LogP contribution < -0.4 is 5.32 Å². The minimum Gasteiger partial charge on any atom is -0.379 e. The molecule has 0 spiro atoms. The summed E-state index contributed by atoms with van der Waals surface area (Å²) < 4.78 is 5.79. The van der Waals surface area contributed by atoms with E-state index in [1.807, 2.05) is 7.05 Å². The zero-order valence-electron chi connectivity index (χ0n) is 18.2. The second-order valence-corrected chi connectivity index (χ2v) is 10.3. The normalized spacial score (nSPS) is 24.6. The fraction of sp³-hybridized carbons (Fsp3) is 0.696. The number of aliphatic imine (C=N–C) groups is 1. The van der Waals surface area contributed by atoms with Crippen LogP contribution in [-0.2, 0) is 4.74 Å². The van der Waals surface area contributed by atoms with Crippen molar-refractivity contribution in [1.82, 2.24) is 15.1 Å². The van der Waals surface area contributed by atoms with Crippen LogP contribution in [0.1, 0.15) is 32.1 Å². The molecule has 168 valence electrons. The van der Waals surface area contributed by atoms with Crippen molar-refractivity contribution in [3.05, 3.63) is 30.3 Å². The predicted molar refractivity (Wildman–Crippen MR) is 137 cm³/mol. The van der Waals surface area contributed by atoms with E-state index < -0.39 is 0 Å². The topological polar surface area (TPSA) is 40.1 Å². The molecule has 3 fully saturated rings. The Labute approximate surface area is 203 Å². The summed E-state index contributed by atoms with van der Waals surface area (Å²) in [5.74, 6) is 1.83. The molecule has 1 unspecified atom stereocenters. The van der Waals surface area contributed by atoms with Crippen molar-refractivity contribution < 1.29 is 4.74 Å². The molecule has 2 heterocycles. The number of likely N-dealkylation sites (tertiary alicyclic amines) is 1. The van der Waals surface area contributed by atoms with Crippen molar-refractivity contribution >= 4 is 41.7 Å². The maximum Gasteiger partial charge on any atom is 0.193 e. The molecule has 1 aromatic carbocycles. The quantitative estimate of drug-likeness (QED) is 0.334. The fourth-order valence-electron chi connectivity index (χ4n) is 4.97. The highest BCUT2D eigenvalue weighted by Crippen LogP contribution is 2.44. The molecule has 1 saturated carbocycles. The number of nitrogens with one attached hydrogen (secondary N) is 1. The van der Waals surface area contributed by atoms with Crippen molar-refractivity contribution in [2.24, 2.45) is 10.9 Å². The Morgan fingerprint density at radius 3 is 2.60 bits per heavy atom. The molecule has 0 radical (unpaired) electrons. The number of hydrogen-bond acceptors (Lipinski definition) is 4. The zero-order valence-corrected chi connectivity index (χ0v) is 21.4. The van der Waals surface area contributed by atoms with E-state index in [-0.39, 0.29) is 24.0 Å². The van der Waals surface area contributed by atoms with Crippen molar-refractivity contribution in [3.8, 4) is 0 Å². The minimum absolute atomic E-state index is 0. The lowest BCUT2D eigenvalue weighted by atomic mass is 10.1. The Balaban J connectivity index is 0.00000256. The van der Waals surface area contributed by atoms with Crippen LogP contribution in [0.15, 0.2) is 40.2 Å². The second kappa shape index (κ2) is 11.9. The van der Waals surface area contributed by atoms with Gasteiger partial charge >= 0.3 is 0 Å². The molecule has 2 saturated heterocycles. The highest BCUT2D eigenvalue weighted by molar-refractivity contribution is 14.0. The minimum atomic E-state index is 0. The first kappa shape index (κ1) is 24.1. The van der Waals surface area contributed by atoms with Gasteiger partial charge in [0.15, 0.2) is 5.96 Å². The third-order valence-corrected chi connectivity index (χ3v) is 8.07. The predicted octanol–water partition coefficient (Wildman–Crippen LogP) is 3.94. The van der Waals surface area contributed by atoms with E-state index in [0.29, 0.717) is 4.75 Å². The van der Waals surface area contributed by atoms with Crippen LogP contribution in [0.5, 0.6) is 0 Å². The molecule has 30 heavy (non-hydrogen) atoms. The number of hydrogen-bond donors (Lipinski definition) is 1. The van der Waals surface area contributed by atoms with E-state index >= 15 is 0 Å². The van der Waals surface area contributed by atoms with Gasteiger partial charge in [0, 0.05) is 56.0 Å². The monoisotopic (exact) mass is 544 g/mol. The number of nitrogens with zero attached hydrogens (tertiary/aromatic N) is 3. The number of morpholine rings is 1. The summed E-state index contributed by atoms with van der Waals surface area (Å²) in [6, 6.07) is 10.9. The molecule has 7 heteroatoms. The molecule has 0 aromatic heterocycles. The standard InChI is InChI=1S/C23H36N4OS.HI/c1-24-22(27-12-9-20(18-27)17-26-13-15-28-16-14-26)25-19-23(10-5-6-11-23)29-21-7-3-2-4-8-21;/h2-4,7-8,20H,5-6,9-19H2,1H3,(H,24,25);1H. The van der Waals surface area contributed by atoms with Crippen LogP contribution in [0, 0.1) is 5.92 Å². The Kier molecular flexibility index (Phi) is 9.60. The fourth-order valence-corrected chi connectivity index (χ4v) is 6.40. The smallest absolute Gasteiger partial charge is 0.193 e. The van der Waals surface area contributed by atoms with Crippen LogP contribution in [0.4, 0.5) is 0 Å². The van der Waals surface area contributed by atoms with Gasteiger partial charge in [-0.2, -0.15) is 0 Å². The first-order valence-corrected chi connectivity index (χ1v) is 12.1. The first-order valence-electron chi connectivity index (χ1n) is 11.3. The van der Waals surface area contributed by atoms with E-state index in [9.17, 15) is 0 Å². The van der Waals surface area contributed by atoms with Gasteiger partial charge in [0.25, 0.3) is 0 Å². The highest BCUT2D eigenvalue weighted by atomic mass is 127. The third-order valence-electron chi connectivity index (χ3n) is 6.58. The summed E-state index contributed by atoms with van der Waals surface area (Å²) in [6.45, 7) is 8.39. The Hall–Kier alpha value is -0.510. The van der Waals surface area contributed by atoms with Gasteiger partial charge in [0.05, 0.1) is 13.2 Å². The Bertz CT molecular complexity index is 662. The second-order valence-electron chi connectivity index (χ2n) is 8.72. The number of benzene rings is 1. The van der Waals surface area contributed by atoms with Gasteiger partial charge in [-0.25, -0.2) is 0 Å². The van der Waals surface area contributed by atoms with E-state index in [2.05, 4.69) is 62.2 Å². The molecule has 3 aliphatic rings. The van der Waals surface area contributed by atoms with Crippen LogP contribution in [0.25, 0.3) is 0 Å². The van der Waals surface area contributed by atoms with E-state index in [4.69, 9.17) is 4.74 Å². The van der Waals surface area contributed by atoms with Crippen molar-refractivity contribution in [3.63, 3.8) is 0 Å². The summed E-state index contributed by atoms with van der Waals surface area (Å²) >= 11 is 2.06. The lowest BCUT2D eigenvalue weighted by molar-refractivity contribution is 0.0315. The lowest BCUT2D eigenvalue weighted by Crippen LogP contribution is -2.46. The highest BCUT2D eigenvalue weighted by Gasteiger charge is 2.36. The molecule has 2 aliphatic heterocycles. The van der Waals surface area contributed by atoms with Crippen LogP contribution in [0.3, 0.4) is 0 Å². The largest absolute Gasteiger partial charge is 0.379 e. The number of guanidine groups is 1. The molecule has 1 aliphatic carbocycles. The molecular formula is C23H37IN4OS. The van der Waals surface area contributed by atoms with Crippen molar-refractivity contribution in [2.45, 2.75) is 41.7 Å². The summed E-state index contributed by atoms with van der Waals surface area (Å²) in [6.07, 6.45) is 6.52. The molecule has 0 bridgehead atoms.